The van der Waals surface area contributed by atoms with E-state index in [1.807, 2.05) is 20.8 Å². The number of amides is 1. The molecule has 2 atom stereocenters. The van der Waals surface area contributed by atoms with Gasteiger partial charge in [-0.1, -0.05) is 43.7 Å². The van der Waals surface area contributed by atoms with Gasteiger partial charge in [0.1, 0.15) is 5.60 Å². The Morgan fingerprint density at radius 3 is 2.25 bits per heavy atom. The Kier molecular flexibility index (Phi) is 5.61. The van der Waals surface area contributed by atoms with Crippen molar-refractivity contribution in [2.45, 2.75) is 53.1 Å². The van der Waals surface area contributed by atoms with Gasteiger partial charge >= 0.3 is 6.09 Å². The summed E-state index contributed by atoms with van der Waals surface area (Å²) < 4.78 is 5.24. The van der Waals surface area contributed by atoms with Crippen LogP contribution < -0.4 is 5.32 Å². The SMILES string of the molecule is Cc1ccc([C@H](C)[C@H](C)CNC(=O)OC(C)(C)C)cc1. The van der Waals surface area contributed by atoms with Crippen LogP contribution in [0.4, 0.5) is 4.79 Å². The molecule has 0 aromatic heterocycles. The molecular weight excluding hydrogens is 250 g/mol. The number of hydrogen-bond acceptors (Lipinski definition) is 2. The molecule has 3 heteroatoms. The van der Waals surface area contributed by atoms with Crippen LogP contribution in [0.1, 0.15) is 51.7 Å². The normalized spacial score (nSPS) is 14.5. The molecule has 0 aliphatic rings. The molecule has 0 saturated heterocycles. The quantitative estimate of drug-likeness (QED) is 0.893. The Morgan fingerprint density at radius 2 is 1.75 bits per heavy atom. The van der Waals surface area contributed by atoms with Crippen molar-refractivity contribution in [2.24, 2.45) is 5.92 Å². The molecule has 0 fully saturated rings. The number of alkyl carbamates (subject to hydrolysis) is 1. The maximum Gasteiger partial charge on any atom is 0.407 e. The van der Waals surface area contributed by atoms with Crippen molar-refractivity contribution in [3.05, 3.63) is 35.4 Å². The summed E-state index contributed by atoms with van der Waals surface area (Å²) in [5.41, 5.74) is 2.12. The maximum atomic E-state index is 11.6. The van der Waals surface area contributed by atoms with Crippen LogP contribution in [0.2, 0.25) is 0 Å². The molecule has 1 N–H and O–H groups in total. The van der Waals surface area contributed by atoms with Gasteiger partial charge in [0.15, 0.2) is 0 Å². The summed E-state index contributed by atoms with van der Waals surface area (Å²) in [4.78, 5) is 11.6. The summed E-state index contributed by atoms with van der Waals surface area (Å²) in [5.74, 6) is 0.746. The van der Waals surface area contributed by atoms with Gasteiger partial charge in [-0.3, -0.25) is 0 Å². The van der Waals surface area contributed by atoms with Crippen LogP contribution in [0.25, 0.3) is 0 Å². The topological polar surface area (TPSA) is 38.3 Å². The largest absolute Gasteiger partial charge is 0.444 e. The Bertz CT molecular complexity index is 431. The van der Waals surface area contributed by atoms with Crippen LogP contribution >= 0.6 is 0 Å². The summed E-state index contributed by atoms with van der Waals surface area (Å²) in [7, 11) is 0. The number of carbonyl (C=O) groups is 1. The highest BCUT2D eigenvalue weighted by molar-refractivity contribution is 5.67. The van der Waals surface area contributed by atoms with E-state index in [4.69, 9.17) is 4.74 Å². The fourth-order valence-electron chi connectivity index (χ4n) is 1.93. The minimum Gasteiger partial charge on any atom is -0.444 e. The van der Waals surface area contributed by atoms with Gasteiger partial charge in [0, 0.05) is 6.54 Å². The van der Waals surface area contributed by atoms with E-state index in [0.717, 1.165) is 0 Å². The molecule has 0 aliphatic carbocycles. The standard InChI is InChI=1S/C17H27NO2/c1-12-7-9-15(10-8-12)14(3)13(2)11-18-16(19)20-17(4,5)6/h7-10,13-14H,11H2,1-6H3,(H,18,19)/t13-,14-/m1/s1. The average molecular weight is 277 g/mol. The maximum absolute atomic E-state index is 11.6. The zero-order valence-corrected chi connectivity index (χ0v) is 13.5. The molecule has 0 heterocycles. The van der Waals surface area contributed by atoms with E-state index in [-0.39, 0.29) is 6.09 Å². The predicted molar refractivity (Wildman–Crippen MR) is 83.0 cm³/mol. The van der Waals surface area contributed by atoms with E-state index < -0.39 is 5.60 Å². The molecule has 1 amide bonds. The van der Waals surface area contributed by atoms with Crippen LogP contribution in [0.3, 0.4) is 0 Å². The summed E-state index contributed by atoms with van der Waals surface area (Å²) in [6, 6.07) is 8.56. The third-order valence-corrected chi connectivity index (χ3v) is 3.42. The monoisotopic (exact) mass is 277 g/mol. The molecule has 0 radical (unpaired) electrons. The minimum absolute atomic E-state index is 0.347. The Hall–Kier alpha value is -1.51. The molecule has 0 unspecified atom stereocenters. The number of hydrogen-bond donors (Lipinski definition) is 1. The van der Waals surface area contributed by atoms with E-state index in [0.29, 0.717) is 18.4 Å². The van der Waals surface area contributed by atoms with Crippen LogP contribution in [0.5, 0.6) is 0 Å². The Morgan fingerprint density at radius 1 is 1.20 bits per heavy atom. The second kappa shape index (κ2) is 6.78. The van der Waals surface area contributed by atoms with Crippen molar-refractivity contribution in [1.29, 1.82) is 0 Å². The lowest BCUT2D eigenvalue weighted by molar-refractivity contribution is 0.0518. The molecular formula is C17H27NO2. The molecule has 20 heavy (non-hydrogen) atoms. The number of nitrogens with one attached hydrogen (secondary N) is 1. The van der Waals surface area contributed by atoms with Gasteiger partial charge in [-0.15, -0.1) is 0 Å². The number of carbonyl (C=O) groups excluding carboxylic acids is 1. The van der Waals surface area contributed by atoms with Crippen molar-refractivity contribution < 1.29 is 9.53 Å². The fourth-order valence-corrected chi connectivity index (χ4v) is 1.93. The molecule has 1 rings (SSSR count). The highest BCUT2D eigenvalue weighted by atomic mass is 16.6. The first-order valence-corrected chi connectivity index (χ1v) is 7.22. The summed E-state index contributed by atoms with van der Waals surface area (Å²) in [6.45, 7) is 12.6. The number of aryl methyl sites for hydroxylation is 1. The number of rotatable bonds is 4. The number of benzene rings is 1. The highest BCUT2D eigenvalue weighted by Gasteiger charge is 2.19. The van der Waals surface area contributed by atoms with E-state index >= 15 is 0 Å². The lowest BCUT2D eigenvalue weighted by atomic mass is 9.88. The second-order valence-electron chi connectivity index (χ2n) is 6.56. The molecule has 0 saturated carbocycles. The minimum atomic E-state index is -0.449. The van der Waals surface area contributed by atoms with E-state index in [2.05, 4.69) is 50.4 Å². The van der Waals surface area contributed by atoms with Gasteiger partial charge in [0.05, 0.1) is 0 Å². The first-order valence-electron chi connectivity index (χ1n) is 7.22. The van der Waals surface area contributed by atoms with Gasteiger partial charge in [0.2, 0.25) is 0 Å². The Balaban J connectivity index is 2.48. The first kappa shape index (κ1) is 16.5. The lowest BCUT2D eigenvalue weighted by Gasteiger charge is -2.23. The number of ether oxygens (including phenoxy) is 1. The zero-order valence-electron chi connectivity index (χ0n) is 13.5. The predicted octanol–water partition coefficient (Wildman–Crippen LogP) is 4.26. The Labute approximate surface area is 122 Å². The highest BCUT2D eigenvalue weighted by Crippen LogP contribution is 2.23. The average Bonchev–Trinajstić information content (AvgIpc) is 2.34. The third kappa shape index (κ3) is 5.64. The smallest absolute Gasteiger partial charge is 0.407 e. The van der Waals surface area contributed by atoms with Crippen molar-refractivity contribution >= 4 is 6.09 Å². The molecule has 0 aliphatic heterocycles. The van der Waals surface area contributed by atoms with Crippen molar-refractivity contribution in [3.63, 3.8) is 0 Å². The molecule has 0 bridgehead atoms. The van der Waals surface area contributed by atoms with Gasteiger partial charge in [-0.25, -0.2) is 4.79 Å². The van der Waals surface area contributed by atoms with Crippen LogP contribution in [0, 0.1) is 12.8 Å². The van der Waals surface area contributed by atoms with E-state index in [9.17, 15) is 4.79 Å². The van der Waals surface area contributed by atoms with Crippen LogP contribution in [-0.4, -0.2) is 18.2 Å². The first-order chi connectivity index (χ1) is 9.19. The fraction of sp³-hybridized carbons (Fsp3) is 0.588. The second-order valence-corrected chi connectivity index (χ2v) is 6.56. The summed E-state index contributed by atoms with van der Waals surface area (Å²) >= 11 is 0. The molecule has 1 aromatic carbocycles. The lowest BCUT2D eigenvalue weighted by Crippen LogP contribution is -2.35. The third-order valence-electron chi connectivity index (χ3n) is 3.42. The van der Waals surface area contributed by atoms with Crippen LogP contribution in [0.15, 0.2) is 24.3 Å². The van der Waals surface area contributed by atoms with Crippen molar-refractivity contribution in [1.82, 2.24) is 5.32 Å². The molecule has 0 spiro atoms. The van der Waals surface area contributed by atoms with E-state index in [1.165, 1.54) is 11.1 Å². The molecule has 3 nitrogen and oxygen atoms in total. The molecule has 112 valence electrons. The van der Waals surface area contributed by atoms with Crippen molar-refractivity contribution in [3.8, 4) is 0 Å². The van der Waals surface area contributed by atoms with Gasteiger partial charge in [0.25, 0.3) is 0 Å². The van der Waals surface area contributed by atoms with Gasteiger partial charge in [-0.2, -0.15) is 0 Å². The summed E-state index contributed by atoms with van der Waals surface area (Å²) in [5, 5.41) is 2.84. The summed E-state index contributed by atoms with van der Waals surface area (Å²) in [6.07, 6.45) is -0.347. The van der Waals surface area contributed by atoms with E-state index in [1.54, 1.807) is 0 Å². The van der Waals surface area contributed by atoms with Crippen LogP contribution in [-0.2, 0) is 4.74 Å². The van der Waals surface area contributed by atoms with Crippen molar-refractivity contribution in [2.75, 3.05) is 6.54 Å². The zero-order chi connectivity index (χ0) is 15.3. The van der Waals surface area contributed by atoms with Gasteiger partial charge in [-0.05, 0) is 45.1 Å². The van der Waals surface area contributed by atoms with Gasteiger partial charge < -0.3 is 10.1 Å². The molecule has 1 aromatic rings.